The molecule has 3 rings (SSSR count). The van der Waals surface area contributed by atoms with Crippen LogP contribution in [-0.2, 0) is 0 Å². The molecule has 0 amide bonds. The third kappa shape index (κ3) is 6.21. The van der Waals surface area contributed by atoms with Crippen molar-refractivity contribution in [1.29, 1.82) is 0 Å². The van der Waals surface area contributed by atoms with Crippen molar-refractivity contribution < 1.29 is 9.84 Å². The van der Waals surface area contributed by atoms with Gasteiger partial charge in [-0.05, 0) is 66.3 Å². The lowest BCUT2D eigenvalue weighted by atomic mass is 9.96. The Labute approximate surface area is 179 Å². The summed E-state index contributed by atoms with van der Waals surface area (Å²) in [6.07, 6.45) is 4.70. The fourth-order valence-electron chi connectivity index (χ4n) is 4.16. The minimum Gasteiger partial charge on any atom is -0.491 e. The maximum Gasteiger partial charge on any atom is 0.119 e. The summed E-state index contributed by atoms with van der Waals surface area (Å²) in [4.78, 5) is 1.38. The van der Waals surface area contributed by atoms with E-state index in [4.69, 9.17) is 4.74 Å². The molecule has 2 N–H and O–H groups in total. The fraction of sp³-hybridized carbons (Fsp3) is 0.565. The zero-order chi connectivity index (χ0) is 19.2. The number of hydrogen-bond donors (Lipinski definition) is 2. The standard InChI is InChI=1S/C23H33NO2S.ClH/c1-16(2)21-11-10-20(13-17(21)3)26-15-19(25)14-24-23(18-7-4-5-8-18)22-9-6-12-27-22;/h6,9-13,16,18-19,23-25H,4-5,7-8,14-15H2,1-3H3;1H. The SMILES string of the molecule is Cc1cc(OCC(O)CNC(c2cccs2)C2CCCC2)ccc1C(C)C.Cl. The first-order valence-corrected chi connectivity index (χ1v) is 11.1. The van der Waals surface area contributed by atoms with Crippen LogP contribution in [0.5, 0.6) is 5.75 Å². The topological polar surface area (TPSA) is 41.5 Å². The van der Waals surface area contributed by atoms with Crippen molar-refractivity contribution in [3.05, 3.63) is 51.7 Å². The molecule has 0 bridgehead atoms. The smallest absolute Gasteiger partial charge is 0.119 e. The number of halogens is 1. The lowest BCUT2D eigenvalue weighted by Gasteiger charge is -2.25. The zero-order valence-corrected chi connectivity index (χ0v) is 18.8. The highest BCUT2D eigenvalue weighted by Gasteiger charge is 2.27. The average Bonchev–Trinajstić information content (AvgIpc) is 3.34. The molecule has 0 aliphatic heterocycles. The number of rotatable bonds is 9. The number of ether oxygens (including phenoxy) is 1. The van der Waals surface area contributed by atoms with Crippen LogP contribution in [0.4, 0.5) is 0 Å². The molecule has 1 heterocycles. The molecular formula is C23H34ClNO2S. The maximum atomic E-state index is 10.4. The van der Waals surface area contributed by atoms with Crippen LogP contribution in [0.1, 0.15) is 67.5 Å². The van der Waals surface area contributed by atoms with E-state index in [1.54, 1.807) is 0 Å². The first-order valence-electron chi connectivity index (χ1n) is 10.2. The predicted molar refractivity (Wildman–Crippen MR) is 121 cm³/mol. The molecule has 1 saturated carbocycles. The fourth-order valence-corrected chi connectivity index (χ4v) is 5.05. The molecule has 1 aliphatic carbocycles. The number of benzene rings is 1. The van der Waals surface area contributed by atoms with E-state index in [0.29, 0.717) is 31.0 Å². The van der Waals surface area contributed by atoms with Gasteiger partial charge in [0.2, 0.25) is 0 Å². The van der Waals surface area contributed by atoms with E-state index in [-0.39, 0.29) is 12.4 Å². The van der Waals surface area contributed by atoms with Gasteiger partial charge in [0.1, 0.15) is 18.5 Å². The van der Waals surface area contributed by atoms with Gasteiger partial charge >= 0.3 is 0 Å². The van der Waals surface area contributed by atoms with Gasteiger partial charge < -0.3 is 15.2 Å². The van der Waals surface area contributed by atoms with Crippen molar-refractivity contribution in [2.24, 2.45) is 5.92 Å². The van der Waals surface area contributed by atoms with Crippen LogP contribution in [0.25, 0.3) is 0 Å². The number of aryl methyl sites for hydroxylation is 1. The van der Waals surface area contributed by atoms with Crippen LogP contribution in [-0.4, -0.2) is 24.4 Å². The van der Waals surface area contributed by atoms with Crippen LogP contribution in [0.3, 0.4) is 0 Å². The van der Waals surface area contributed by atoms with Gasteiger partial charge in [-0.1, -0.05) is 38.8 Å². The second-order valence-corrected chi connectivity index (χ2v) is 9.06. The molecule has 3 nitrogen and oxygen atoms in total. The van der Waals surface area contributed by atoms with Gasteiger partial charge in [0, 0.05) is 17.5 Å². The molecule has 0 saturated heterocycles. The normalized spacial score (nSPS) is 16.8. The molecule has 156 valence electrons. The molecule has 1 aromatic carbocycles. The van der Waals surface area contributed by atoms with Gasteiger partial charge in [-0.15, -0.1) is 23.7 Å². The van der Waals surface area contributed by atoms with E-state index >= 15 is 0 Å². The van der Waals surface area contributed by atoms with E-state index in [1.165, 1.54) is 41.7 Å². The van der Waals surface area contributed by atoms with Gasteiger partial charge in [0.05, 0.1) is 0 Å². The summed E-state index contributed by atoms with van der Waals surface area (Å²) in [6.45, 7) is 7.39. The summed E-state index contributed by atoms with van der Waals surface area (Å²) in [5, 5.41) is 16.2. The van der Waals surface area contributed by atoms with Crippen LogP contribution in [0.15, 0.2) is 35.7 Å². The van der Waals surface area contributed by atoms with E-state index in [1.807, 2.05) is 17.4 Å². The maximum absolute atomic E-state index is 10.4. The monoisotopic (exact) mass is 423 g/mol. The van der Waals surface area contributed by atoms with Crippen molar-refractivity contribution in [1.82, 2.24) is 5.32 Å². The Bertz CT molecular complexity index is 699. The Morgan fingerprint density at radius 2 is 1.96 bits per heavy atom. The van der Waals surface area contributed by atoms with Crippen LogP contribution < -0.4 is 10.1 Å². The molecule has 2 unspecified atom stereocenters. The Kier molecular flexibility index (Phi) is 9.29. The van der Waals surface area contributed by atoms with Gasteiger partial charge in [-0.25, -0.2) is 0 Å². The van der Waals surface area contributed by atoms with E-state index < -0.39 is 6.10 Å². The van der Waals surface area contributed by atoms with Gasteiger partial charge in [-0.3, -0.25) is 0 Å². The average molecular weight is 424 g/mol. The first-order chi connectivity index (χ1) is 13.0. The first kappa shape index (κ1) is 23.2. The summed E-state index contributed by atoms with van der Waals surface area (Å²) in [5.41, 5.74) is 2.59. The summed E-state index contributed by atoms with van der Waals surface area (Å²) in [7, 11) is 0. The second kappa shape index (κ2) is 11.2. The molecule has 2 atom stereocenters. The lowest BCUT2D eigenvalue weighted by Crippen LogP contribution is -2.36. The summed E-state index contributed by atoms with van der Waals surface area (Å²) in [6, 6.07) is 10.9. The summed E-state index contributed by atoms with van der Waals surface area (Å²) in [5.74, 6) is 2.03. The molecular weight excluding hydrogens is 390 g/mol. The van der Waals surface area contributed by atoms with Crippen LogP contribution in [0, 0.1) is 12.8 Å². The van der Waals surface area contributed by atoms with Crippen molar-refractivity contribution in [3.63, 3.8) is 0 Å². The predicted octanol–water partition coefficient (Wildman–Crippen LogP) is 5.86. The number of thiophene rings is 1. The van der Waals surface area contributed by atoms with Gasteiger partial charge in [0.15, 0.2) is 0 Å². The molecule has 2 aromatic rings. The highest BCUT2D eigenvalue weighted by atomic mass is 35.5. The third-order valence-corrected chi connectivity index (χ3v) is 6.56. The van der Waals surface area contributed by atoms with Gasteiger partial charge in [0.25, 0.3) is 0 Å². The molecule has 1 aliphatic rings. The Morgan fingerprint density at radius 1 is 1.21 bits per heavy atom. The van der Waals surface area contributed by atoms with Crippen molar-refractivity contribution in [3.8, 4) is 5.75 Å². The Hall–Kier alpha value is -1.07. The number of hydrogen-bond acceptors (Lipinski definition) is 4. The zero-order valence-electron chi connectivity index (χ0n) is 17.2. The van der Waals surface area contributed by atoms with Gasteiger partial charge in [-0.2, -0.15) is 0 Å². The highest BCUT2D eigenvalue weighted by molar-refractivity contribution is 7.10. The summed E-state index contributed by atoms with van der Waals surface area (Å²) >= 11 is 1.81. The highest BCUT2D eigenvalue weighted by Crippen LogP contribution is 2.37. The largest absolute Gasteiger partial charge is 0.491 e. The molecule has 1 fully saturated rings. The number of aliphatic hydroxyl groups is 1. The van der Waals surface area contributed by atoms with E-state index in [9.17, 15) is 5.11 Å². The quantitative estimate of drug-likeness (QED) is 0.530. The van der Waals surface area contributed by atoms with Crippen LogP contribution >= 0.6 is 23.7 Å². The van der Waals surface area contributed by atoms with E-state index in [2.05, 4.69) is 55.7 Å². The third-order valence-electron chi connectivity index (χ3n) is 5.60. The molecule has 28 heavy (non-hydrogen) atoms. The summed E-state index contributed by atoms with van der Waals surface area (Å²) < 4.78 is 5.84. The second-order valence-electron chi connectivity index (χ2n) is 8.08. The Balaban J connectivity index is 0.00000280. The molecule has 0 radical (unpaired) electrons. The van der Waals surface area contributed by atoms with Crippen LogP contribution in [0.2, 0.25) is 0 Å². The Morgan fingerprint density at radius 3 is 2.57 bits per heavy atom. The lowest BCUT2D eigenvalue weighted by molar-refractivity contribution is 0.101. The van der Waals surface area contributed by atoms with E-state index in [0.717, 1.165) is 5.75 Å². The molecule has 5 heteroatoms. The minimum absolute atomic E-state index is 0. The minimum atomic E-state index is -0.515. The number of aliphatic hydroxyl groups excluding tert-OH is 1. The molecule has 1 aromatic heterocycles. The van der Waals surface area contributed by atoms with Crippen molar-refractivity contribution >= 4 is 23.7 Å². The van der Waals surface area contributed by atoms with Crippen molar-refractivity contribution in [2.45, 2.75) is 64.5 Å². The van der Waals surface area contributed by atoms with Crippen molar-refractivity contribution in [2.75, 3.05) is 13.2 Å². The molecule has 0 spiro atoms. The number of nitrogens with one attached hydrogen (secondary N) is 1.